The monoisotopic (exact) mass is 304 g/mol. The van der Waals surface area contributed by atoms with Crippen LogP contribution in [0.5, 0.6) is 11.5 Å². The fraction of sp³-hybridized carbons (Fsp3) is 0. The second-order valence-electron chi connectivity index (χ2n) is 4.28. The first kappa shape index (κ1) is 13.0. The molecule has 0 atom stereocenters. The largest absolute Gasteiger partial charge is 0.455 e. The summed E-state index contributed by atoms with van der Waals surface area (Å²) in [5, 5.41) is 2.87. The lowest BCUT2D eigenvalue weighted by Crippen LogP contribution is -1.94. The molecule has 0 aliphatic carbocycles. The van der Waals surface area contributed by atoms with Gasteiger partial charge in [-0.2, -0.15) is 0 Å². The molecule has 20 heavy (non-hydrogen) atoms. The summed E-state index contributed by atoms with van der Waals surface area (Å²) in [7, 11) is 0. The molecule has 0 amide bonds. The summed E-state index contributed by atoms with van der Waals surface area (Å²) in [4.78, 5) is 4.06. The van der Waals surface area contributed by atoms with Crippen LogP contribution in [0.1, 0.15) is 0 Å². The SMILES string of the molecule is Nc1c(Oc2cc(Cl)cc(Cl)c2)ccc2cnccc12. The first-order valence-corrected chi connectivity index (χ1v) is 6.65. The van der Waals surface area contributed by atoms with Crippen molar-refractivity contribution in [2.24, 2.45) is 0 Å². The van der Waals surface area contributed by atoms with E-state index in [-0.39, 0.29) is 0 Å². The number of hydrogen-bond donors (Lipinski definition) is 1. The maximum Gasteiger partial charge on any atom is 0.150 e. The summed E-state index contributed by atoms with van der Waals surface area (Å²) in [5.74, 6) is 1.10. The summed E-state index contributed by atoms with van der Waals surface area (Å²) in [6.07, 6.45) is 3.45. The molecule has 0 bridgehead atoms. The first-order chi connectivity index (χ1) is 9.63. The van der Waals surface area contributed by atoms with Crippen molar-refractivity contribution in [2.75, 3.05) is 5.73 Å². The summed E-state index contributed by atoms with van der Waals surface area (Å²) in [6, 6.07) is 10.6. The number of benzene rings is 2. The number of ether oxygens (including phenoxy) is 1. The molecule has 0 spiro atoms. The van der Waals surface area contributed by atoms with Gasteiger partial charge >= 0.3 is 0 Å². The maximum absolute atomic E-state index is 6.12. The molecule has 3 aromatic rings. The van der Waals surface area contributed by atoms with Crippen LogP contribution < -0.4 is 10.5 Å². The van der Waals surface area contributed by atoms with Crippen LogP contribution in [0.2, 0.25) is 10.0 Å². The molecule has 0 saturated carbocycles. The smallest absolute Gasteiger partial charge is 0.150 e. The Bertz CT molecular complexity index is 770. The molecule has 1 heterocycles. The Balaban J connectivity index is 2.04. The van der Waals surface area contributed by atoms with Crippen molar-refractivity contribution in [3.63, 3.8) is 0 Å². The van der Waals surface area contributed by atoms with Crippen LogP contribution in [0.15, 0.2) is 48.8 Å². The standard InChI is InChI=1S/C15H10Cl2N2O/c16-10-5-11(17)7-12(6-10)20-14-2-1-9-8-19-4-3-13(9)15(14)18/h1-8H,18H2. The minimum Gasteiger partial charge on any atom is -0.455 e. The molecule has 0 saturated heterocycles. The lowest BCUT2D eigenvalue weighted by molar-refractivity contribution is 0.486. The third-order valence-corrected chi connectivity index (χ3v) is 3.32. The van der Waals surface area contributed by atoms with E-state index in [0.29, 0.717) is 27.2 Å². The lowest BCUT2D eigenvalue weighted by atomic mass is 10.1. The number of anilines is 1. The van der Waals surface area contributed by atoms with E-state index in [4.69, 9.17) is 33.7 Å². The highest BCUT2D eigenvalue weighted by Gasteiger charge is 2.07. The van der Waals surface area contributed by atoms with Crippen molar-refractivity contribution in [1.29, 1.82) is 0 Å². The van der Waals surface area contributed by atoms with Crippen molar-refractivity contribution in [3.8, 4) is 11.5 Å². The number of hydrogen-bond acceptors (Lipinski definition) is 3. The maximum atomic E-state index is 6.12. The van der Waals surface area contributed by atoms with Crippen LogP contribution in [0.25, 0.3) is 10.8 Å². The fourth-order valence-corrected chi connectivity index (χ4v) is 2.48. The van der Waals surface area contributed by atoms with E-state index in [2.05, 4.69) is 4.98 Å². The predicted molar refractivity (Wildman–Crippen MR) is 82.7 cm³/mol. The number of nitrogen functional groups attached to an aromatic ring is 1. The number of rotatable bonds is 2. The molecule has 0 fully saturated rings. The van der Waals surface area contributed by atoms with Crippen LogP contribution in [0.4, 0.5) is 5.69 Å². The molecule has 100 valence electrons. The molecule has 5 heteroatoms. The van der Waals surface area contributed by atoms with Crippen LogP contribution in [-0.2, 0) is 0 Å². The zero-order chi connectivity index (χ0) is 14.1. The highest BCUT2D eigenvalue weighted by atomic mass is 35.5. The van der Waals surface area contributed by atoms with Crippen molar-refractivity contribution in [2.45, 2.75) is 0 Å². The Hall–Kier alpha value is -1.97. The van der Waals surface area contributed by atoms with Gasteiger partial charge in [0.25, 0.3) is 0 Å². The van der Waals surface area contributed by atoms with E-state index in [1.54, 1.807) is 36.7 Å². The molecule has 3 rings (SSSR count). The highest BCUT2D eigenvalue weighted by molar-refractivity contribution is 6.34. The van der Waals surface area contributed by atoms with Crippen molar-refractivity contribution in [3.05, 3.63) is 58.8 Å². The Kier molecular flexibility index (Phi) is 3.38. The van der Waals surface area contributed by atoms with Crippen molar-refractivity contribution >= 4 is 39.7 Å². The normalized spacial score (nSPS) is 10.7. The minimum atomic E-state index is 0.510. The van der Waals surface area contributed by atoms with Gasteiger partial charge in [0.05, 0.1) is 5.69 Å². The van der Waals surface area contributed by atoms with Gasteiger partial charge in [0, 0.05) is 33.2 Å². The summed E-state index contributed by atoms with van der Waals surface area (Å²) >= 11 is 11.9. The molecule has 0 aliphatic heterocycles. The van der Waals surface area contributed by atoms with Crippen LogP contribution in [0.3, 0.4) is 0 Å². The molecule has 0 unspecified atom stereocenters. The van der Waals surface area contributed by atoms with Gasteiger partial charge in [-0.05, 0) is 36.4 Å². The van der Waals surface area contributed by atoms with E-state index in [1.165, 1.54) is 0 Å². The third-order valence-electron chi connectivity index (χ3n) is 2.89. The fourth-order valence-electron chi connectivity index (χ4n) is 1.98. The van der Waals surface area contributed by atoms with Gasteiger partial charge in [0.2, 0.25) is 0 Å². The summed E-state index contributed by atoms with van der Waals surface area (Å²) in [5.41, 5.74) is 6.68. The van der Waals surface area contributed by atoms with Crippen molar-refractivity contribution < 1.29 is 4.74 Å². The van der Waals surface area contributed by atoms with E-state index in [9.17, 15) is 0 Å². The summed E-state index contributed by atoms with van der Waals surface area (Å²) < 4.78 is 5.76. The van der Waals surface area contributed by atoms with Gasteiger partial charge in [0.15, 0.2) is 5.75 Å². The number of pyridine rings is 1. The summed E-state index contributed by atoms with van der Waals surface area (Å²) in [6.45, 7) is 0. The molecule has 3 nitrogen and oxygen atoms in total. The zero-order valence-electron chi connectivity index (χ0n) is 10.3. The number of nitrogens with zero attached hydrogens (tertiary/aromatic N) is 1. The van der Waals surface area contributed by atoms with Crippen LogP contribution in [-0.4, -0.2) is 4.98 Å². The van der Waals surface area contributed by atoms with Gasteiger partial charge in [0.1, 0.15) is 5.75 Å². The quantitative estimate of drug-likeness (QED) is 0.684. The molecular weight excluding hydrogens is 295 g/mol. The van der Waals surface area contributed by atoms with E-state index in [1.807, 2.05) is 12.1 Å². The molecule has 0 aliphatic rings. The van der Waals surface area contributed by atoms with Gasteiger partial charge in [-0.25, -0.2) is 0 Å². The second kappa shape index (κ2) is 5.19. The number of fused-ring (bicyclic) bond motifs is 1. The third kappa shape index (κ3) is 2.50. The Morgan fingerprint density at radius 2 is 1.75 bits per heavy atom. The Morgan fingerprint density at radius 3 is 2.50 bits per heavy atom. The number of nitrogens with two attached hydrogens (primary N) is 1. The lowest BCUT2D eigenvalue weighted by Gasteiger charge is -2.11. The molecule has 2 N–H and O–H groups in total. The van der Waals surface area contributed by atoms with Gasteiger partial charge < -0.3 is 10.5 Å². The zero-order valence-corrected chi connectivity index (χ0v) is 11.8. The minimum absolute atomic E-state index is 0.510. The van der Waals surface area contributed by atoms with Gasteiger partial charge in [-0.1, -0.05) is 23.2 Å². The van der Waals surface area contributed by atoms with E-state index >= 15 is 0 Å². The average Bonchev–Trinajstić information content (AvgIpc) is 2.41. The van der Waals surface area contributed by atoms with E-state index in [0.717, 1.165) is 10.8 Å². The number of aromatic nitrogens is 1. The van der Waals surface area contributed by atoms with Crippen LogP contribution in [0, 0.1) is 0 Å². The number of halogens is 2. The molecule has 2 aromatic carbocycles. The Morgan fingerprint density at radius 1 is 1.00 bits per heavy atom. The average molecular weight is 305 g/mol. The van der Waals surface area contributed by atoms with Gasteiger partial charge in [-0.3, -0.25) is 4.98 Å². The first-order valence-electron chi connectivity index (χ1n) is 5.89. The van der Waals surface area contributed by atoms with E-state index < -0.39 is 0 Å². The second-order valence-corrected chi connectivity index (χ2v) is 5.15. The van der Waals surface area contributed by atoms with Crippen LogP contribution >= 0.6 is 23.2 Å². The Labute approximate surface area is 125 Å². The molecule has 0 radical (unpaired) electrons. The van der Waals surface area contributed by atoms with Crippen molar-refractivity contribution in [1.82, 2.24) is 4.98 Å². The molecule has 1 aromatic heterocycles. The van der Waals surface area contributed by atoms with Gasteiger partial charge in [-0.15, -0.1) is 0 Å². The highest BCUT2D eigenvalue weighted by Crippen LogP contribution is 2.35. The predicted octanol–water partition coefficient (Wildman–Crippen LogP) is 4.92. The molecular formula is C15H10Cl2N2O. The topological polar surface area (TPSA) is 48.1 Å².